The molecule has 0 aromatic carbocycles. The number of nitrogens with zero attached hydrogens (tertiary/aromatic N) is 2. The predicted octanol–water partition coefficient (Wildman–Crippen LogP) is 3.16. The Bertz CT molecular complexity index is 396. The van der Waals surface area contributed by atoms with E-state index < -0.39 is 0 Å². The van der Waals surface area contributed by atoms with Crippen LogP contribution in [0.1, 0.15) is 44.1 Å². The number of hydrogen-bond acceptors (Lipinski definition) is 3. The molecule has 0 saturated carbocycles. The molecule has 0 bridgehead atoms. The number of aromatic nitrogens is 1. The second-order valence-corrected chi connectivity index (χ2v) is 5.55. The molecule has 0 aliphatic carbocycles. The van der Waals surface area contributed by atoms with Crippen molar-refractivity contribution in [3.05, 3.63) is 29.1 Å². The van der Waals surface area contributed by atoms with Crippen LogP contribution in [0, 0.1) is 6.92 Å². The van der Waals surface area contributed by atoms with Crippen LogP contribution >= 0.6 is 0 Å². The fraction of sp³-hybridized carbons (Fsp3) is 0.688. The van der Waals surface area contributed by atoms with E-state index in [4.69, 9.17) is 9.72 Å². The summed E-state index contributed by atoms with van der Waals surface area (Å²) >= 11 is 0. The maximum absolute atomic E-state index is 5.56. The first kappa shape index (κ1) is 16.1. The predicted molar refractivity (Wildman–Crippen MR) is 80.5 cm³/mol. The van der Waals surface area contributed by atoms with Gasteiger partial charge in [0.15, 0.2) is 0 Å². The van der Waals surface area contributed by atoms with Crippen LogP contribution in [0.3, 0.4) is 0 Å². The Balaban J connectivity index is 0.000000861. The van der Waals surface area contributed by atoms with Gasteiger partial charge in [0, 0.05) is 24.3 Å². The fourth-order valence-electron chi connectivity index (χ4n) is 2.46. The lowest BCUT2D eigenvalue weighted by molar-refractivity contribution is 0.180. The zero-order chi connectivity index (χ0) is 14.5. The maximum Gasteiger partial charge on any atom is 0.0585 e. The summed E-state index contributed by atoms with van der Waals surface area (Å²) in [5, 5.41) is 0. The quantitative estimate of drug-likeness (QED) is 0.838. The molecule has 1 aliphatic heterocycles. The van der Waals surface area contributed by atoms with Crippen molar-refractivity contribution in [2.75, 3.05) is 27.3 Å². The molecule has 1 fully saturated rings. The van der Waals surface area contributed by atoms with Gasteiger partial charge in [-0.2, -0.15) is 0 Å². The Kier molecular flexibility index (Phi) is 5.95. The summed E-state index contributed by atoms with van der Waals surface area (Å²) in [6.45, 7) is 10.9. The van der Waals surface area contributed by atoms with Crippen LogP contribution in [0.2, 0.25) is 0 Å². The summed E-state index contributed by atoms with van der Waals surface area (Å²) in [7, 11) is 4.17. The molecule has 1 aromatic heterocycles. The lowest BCUT2D eigenvalue weighted by Crippen LogP contribution is -2.26. The highest BCUT2D eigenvalue weighted by Crippen LogP contribution is 2.34. The second-order valence-electron chi connectivity index (χ2n) is 5.55. The Morgan fingerprint density at radius 2 is 2.00 bits per heavy atom. The summed E-state index contributed by atoms with van der Waals surface area (Å²) in [5.74, 6) is 0. The van der Waals surface area contributed by atoms with E-state index >= 15 is 0 Å². The van der Waals surface area contributed by atoms with Gasteiger partial charge < -0.3 is 9.64 Å². The number of hydrogen-bond donors (Lipinski definition) is 0. The zero-order valence-electron chi connectivity index (χ0n) is 13.3. The van der Waals surface area contributed by atoms with Crippen molar-refractivity contribution in [2.24, 2.45) is 0 Å². The standard InChI is InChI=1S/C14H22N2O.C2H6/c1-11-5-6-12(13(15-11)9-16(3)4)14(2)7-8-17-10-14;1-2/h5-6H,7-10H2,1-4H3;1-2H3. The average Bonchev–Trinajstić information content (AvgIpc) is 2.79. The van der Waals surface area contributed by atoms with Crippen LogP contribution in [0.25, 0.3) is 0 Å². The molecular formula is C16H28N2O. The minimum Gasteiger partial charge on any atom is -0.380 e. The molecule has 1 saturated heterocycles. The monoisotopic (exact) mass is 264 g/mol. The van der Waals surface area contributed by atoms with E-state index in [1.165, 1.54) is 11.3 Å². The molecule has 108 valence electrons. The number of rotatable bonds is 3. The summed E-state index contributed by atoms with van der Waals surface area (Å²) < 4.78 is 5.56. The first-order valence-electron chi connectivity index (χ1n) is 7.21. The van der Waals surface area contributed by atoms with Crippen molar-refractivity contribution in [3.8, 4) is 0 Å². The normalized spacial score (nSPS) is 22.3. The molecule has 3 heteroatoms. The van der Waals surface area contributed by atoms with Crippen molar-refractivity contribution >= 4 is 0 Å². The first-order chi connectivity index (χ1) is 9.01. The van der Waals surface area contributed by atoms with Crippen molar-refractivity contribution < 1.29 is 4.74 Å². The Hall–Kier alpha value is -0.930. The Morgan fingerprint density at radius 1 is 1.32 bits per heavy atom. The molecule has 0 radical (unpaired) electrons. The summed E-state index contributed by atoms with van der Waals surface area (Å²) in [5.41, 5.74) is 3.79. The van der Waals surface area contributed by atoms with Gasteiger partial charge in [0.25, 0.3) is 0 Å². The van der Waals surface area contributed by atoms with Gasteiger partial charge in [0.05, 0.1) is 12.3 Å². The highest BCUT2D eigenvalue weighted by Gasteiger charge is 2.34. The molecule has 1 unspecified atom stereocenters. The largest absolute Gasteiger partial charge is 0.380 e. The summed E-state index contributed by atoms with van der Waals surface area (Å²) in [4.78, 5) is 6.88. The average molecular weight is 264 g/mol. The van der Waals surface area contributed by atoms with Crippen molar-refractivity contribution in [1.82, 2.24) is 9.88 Å². The summed E-state index contributed by atoms with van der Waals surface area (Å²) in [6, 6.07) is 4.34. The van der Waals surface area contributed by atoms with E-state index in [1.54, 1.807) is 0 Å². The van der Waals surface area contributed by atoms with Crippen LogP contribution < -0.4 is 0 Å². The van der Waals surface area contributed by atoms with Gasteiger partial charge in [-0.15, -0.1) is 0 Å². The molecule has 1 atom stereocenters. The molecule has 2 rings (SSSR count). The van der Waals surface area contributed by atoms with Gasteiger partial charge in [-0.25, -0.2) is 0 Å². The minimum atomic E-state index is 0.145. The molecule has 3 nitrogen and oxygen atoms in total. The molecular weight excluding hydrogens is 236 g/mol. The minimum absolute atomic E-state index is 0.145. The van der Waals surface area contributed by atoms with Gasteiger partial charge in [-0.05, 0) is 39.1 Å². The van der Waals surface area contributed by atoms with Crippen LogP contribution in [0.5, 0.6) is 0 Å². The van der Waals surface area contributed by atoms with Crippen molar-refractivity contribution in [2.45, 2.75) is 46.1 Å². The van der Waals surface area contributed by atoms with E-state index in [2.05, 4.69) is 45.0 Å². The summed E-state index contributed by atoms with van der Waals surface area (Å²) in [6.07, 6.45) is 1.10. The second kappa shape index (κ2) is 7.01. The van der Waals surface area contributed by atoms with Gasteiger partial charge in [-0.3, -0.25) is 4.98 Å². The van der Waals surface area contributed by atoms with Gasteiger partial charge >= 0.3 is 0 Å². The molecule has 1 aliphatic rings. The van der Waals surface area contributed by atoms with Crippen LogP contribution in [-0.2, 0) is 16.7 Å². The number of ether oxygens (including phenoxy) is 1. The topological polar surface area (TPSA) is 25.4 Å². The zero-order valence-corrected chi connectivity index (χ0v) is 13.3. The lowest BCUT2D eigenvalue weighted by atomic mass is 9.81. The third-order valence-electron chi connectivity index (χ3n) is 3.45. The molecule has 0 spiro atoms. The third-order valence-corrected chi connectivity index (χ3v) is 3.45. The van der Waals surface area contributed by atoms with Gasteiger partial charge in [-0.1, -0.05) is 26.8 Å². The molecule has 2 heterocycles. The van der Waals surface area contributed by atoms with E-state index in [0.717, 1.165) is 31.9 Å². The van der Waals surface area contributed by atoms with Gasteiger partial charge in [0.2, 0.25) is 0 Å². The highest BCUT2D eigenvalue weighted by atomic mass is 16.5. The SMILES string of the molecule is CC.Cc1ccc(C2(C)CCOC2)c(CN(C)C)n1. The maximum atomic E-state index is 5.56. The van der Waals surface area contributed by atoms with E-state index in [0.29, 0.717) is 0 Å². The smallest absolute Gasteiger partial charge is 0.0585 e. The molecule has 0 N–H and O–H groups in total. The number of pyridine rings is 1. The number of aryl methyl sites for hydroxylation is 1. The lowest BCUT2D eigenvalue weighted by Gasteiger charge is -2.26. The van der Waals surface area contributed by atoms with Gasteiger partial charge in [0.1, 0.15) is 0 Å². The van der Waals surface area contributed by atoms with E-state index in [9.17, 15) is 0 Å². The molecule has 1 aromatic rings. The Morgan fingerprint density at radius 3 is 2.53 bits per heavy atom. The third kappa shape index (κ3) is 4.02. The van der Waals surface area contributed by atoms with Crippen LogP contribution in [0.4, 0.5) is 0 Å². The first-order valence-corrected chi connectivity index (χ1v) is 7.21. The fourth-order valence-corrected chi connectivity index (χ4v) is 2.46. The Labute approximate surface area is 118 Å². The van der Waals surface area contributed by atoms with Crippen molar-refractivity contribution in [3.63, 3.8) is 0 Å². The highest BCUT2D eigenvalue weighted by molar-refractivity contribution is 5.31. The van der Waals surface area contributed by atoms with E-state index in [-0.39, 0.29) is 5.41 Å². The van der Waals surface area contributed by atoms with Crippen molar-refractivity contribution in [1.29, 1.82) is 0 Å². The van der Waals surface area contributed by atoms with Crippen LogP contribution in [-0.4, -0.2) is 37.2 Å². The van der Waals surface area contributed by atoms with Crippen LogP contribution in [0.15, 0.2) is 12.1 Å². The molecule has 19 heavy (non-hydrogen) atoms. The van der Waals surface area contributed by atoms with E-state index in [1.807, 2.05) is 13.8 Å². The molecule has 0 amide bonds.